The van der Waals surface area contributed by atoms with Crippen LogP contribution in [0.2, 0.25) is 5.02 Å². The monoisotopic (exact) mass is 373 g/mol. The zero-order valence-electron chi connectivity index (χ0n) is 14.9. The van der Waals surface area contributed by atoms with Crippen LogP contribution in [0.15, 0.2) is 51.7 Å². The largest absolute Gasteiger partial charge is 0.424 e. The smallest absolute Gasteiger partial charge is 0.408 e. The van der Waals surface area contributed by atoms with Crippen molar-refractivity contribution in [3.8, 4) is 0 Å². The van der Waals surface area contributed by atoms with Crippen LogP contribution < -0.4 is 15.6 Å². The van der Waals surface area contributed by atoms with Crippen LogP contribution >= 0.6 is 11.6 Å². The molecule has 1 aliphatic heterocycles. The van der Waals surface area contributed by atoms with E-state index in [1.165, 1.54) is 16.0 Å². The molecule has 0 radical (unpaired) electrons. The number of rotatable bonds is 4. The Morgan fingerprint density at radius 1 is 1.08 bits per heavy atom. The maximum absolute atomic E-state index is 12.2. The SMILES string of the molecule is Cc1cccc(C[NH+]2CC[NH+](Cn3c(=O)oc4cc(Cl)ccc43)CC2)c1. The number of nitrogens with zero attached hydrogens (tertiary/aromatic N) is 1. The molecular formula is C20H24ClN3O2+2. The molecule has 2 N–H and O–H groups in total. The van der Waals surface area contributed by atoms with Crippen LogP contribution in [0.4, 0.5) is 0 Å². The first-order valence-corrected chi connectivity index (χ1v) is 9.48. The second kappa shape index (κ2) is 7.27. The van der Waals surface area contributed by atoms with Gasteiger partial charge in [0.1, 0.15) is 32.7 Å². The number of quaternary nitrogens is 2. The molecule has 0 amide bonds. The fraction of sp³-hybridized carbons (Fsp3) is 0.350. The minimum Gasteiger partial charge on any atom is -0.408 e. The zero-order valence-corrected chi connectivity index (χ0v) is 15.7. The third-order valence-electron chi connectivity index (χ3n) is 5.21. The Bertz CT molecular complexity index is 971. The number of nitrogens with one attached hydrogen (secondary N) is 2. The average Bonchev–Trinajstić information content (AvgIpc) is 2.91. The summed E-state index contributed by atoms with van der Waals surface area (Å²) in [6, 6.07) is 14.1. The van der Waals surface area contributed by atoms with Crippen molar-refractivity contribution in [2.24, 2.45) is 0 Å². The number of aromatic nitrogens is 1. The summed E-state index contributed by atoms with van der Waals surface area (Å²) in [5.74, 6) is -0.302. The number of halogens is 1. The van der Waals surface area contributed by atoms with E-state index in [1.54, 1.807) is 21.6 Å². The molecule has 4 rings (SSSR count). The molecule has 0 saturated carbocycles. The summed E-state index contributed by atoms with van der Waals surface area (Å²) >= 11 is 5.99. The van der Waals surface area contributed by atoms with Crippen molar-refractivity contribution in [1.29, 1.82) is 0 Å². The van der Waals surface area contributed by atoms with Crippen LogP contribution in [0.3, 0.4) is 0 Å². The Morgan fingerprint density at radius 3 is 2.62 bits per heavy atom. The molecule has 1 aromatic heterocycles. The first kappa shape index (κ1) is 17.3. The highest BCUT2D eigenvalue weighted by molar-refractivity contribution is 6.31. The third kappa shape index (κ3) is 3.70. The van der Waals surface area contributed by atoms with Gasteiger partial charge in [-0.2, -0.15) is 0 Å². The Morgan fingerprint density at radius 2 is 1.85 bits per heavy atom. The lowest BCUT2D eigenvalue weighted by atomic mass is 10.1. The van der Waals surface area contributed by atoms with Crippen molar-refractivity contribution in [2.45, 2.75) is 20.1 Å². The predicted octanol–water partition coefficient (Wildman–Crippen LogP) is 0.497. The molecule has 0 atom stereocenters. The van der Waals surface area contributed by atoms with Gasteiger partial charge in [0.25, 0.3) is 0 Å². The minimum absolute atomic E-state index is 0.302. The zero-order chi connectivity index (χ0) is 18.1. The van der Waals surface area contributed by atoms with E-state index in [4.69, 9.17) is 16.0 Å². The molecule has 2 aromatic carbocycles. The number of aryl methyl sites for hydroxylation is 1. The molecule has 0 aliphatic carbocycles. The van der Waals surface area contributed by atoms with Gasteiger partial charge in [0.2, 0.25) is 0 Å². The van der Waals surface area contributed by atoms with Crippen LogP contribution in [-0.2, 0) is 13.2 Å². The number of piperazine rings is 1. The van der Waals surface area contributed by atoms with Crippen molar-refractivity contribution < 1.29 is 14.2 Å². The van der Waals surface area contributed by atoms with Crippen LogP contribution in [0, 0.1) is 6.92 Å². The Hall–Kier alpha value is -2.08. The Labute approximate surface area is 157 Å². The molecule has 26 heavy (non-hydrogen) atoms. The van der Waals surface area contributed by atoms with Gasteiger partial charge in [0.15, 0.2) is 12.3 Å². The molecule has 136 valence electrons. The highest BCUT2D eigenvalue weighted by Crippen LogP contribution is 2.17. The molecule has 1 saturated heterocycles. The summed E-state index contributed by atoms with van der Waals surface area (Å²) in [7, 11) is 0. The highest BCUT2D eigenvalue weighted by atomic mass is 35.5. The van der Waals surface area contributed by atoms with Crippen molar-refractivity contribution in [1.82, 2.24) is 4.57 Å². The van der Waals surface area contributed by atoms with Gasteiger partial charge < -0.3 is 14.2 Å². The number of fused-ring (bicyclic) bond motifs is 1. The quantitative estimate of drug-likeness (QED) is 0.699. The van der Waals surface area contributed by atoms with Crippen molar-refractivity contribution in [2.75, 3.05) is 26.2 Å². The second-order valence-corrected chi connectivity index (χ2v) is 7.67. The molecular weight excluding hydrogens is 350 g/mol. The maximum Gasteiger partial charge on any atom is 0.424 e. The molecule has 0 unspecified atom stereocenters. The lowest BCUT2D eigenvalue weighted by Gasteiger charge is -2.29. The van der Waals surface area contributed by atoms with Gasteiger partial charge in [-0.1, -0.05) is 41.4 Å². The summed E-state index contributed by atoms with van der Waals surface area (Å²) < 4.78 is 7.07. The number of oxazole rings is 1. The van der Waals surface area contributed by atoms with E-state index in [0.29, 0.717) is 17.3 Å². The average molecular weight is 374 g/mol. The first-order valence-electron chi connectivity index (χ1n) is 9.10. The molecule has 0 bridgehead atoms. The molecule has 5 nitrogen and oxygen atoms in total. The van der Waals surface area contributed by atoms with Gasteiger partial charge in [-0.05, 0) is 19.1 Å². The highest BCUT2D eigenvalue weighted by Gasteiger charge is 2.24. The summed E-state index contributed by atoms with van der Waals surface area (Å²) in [4.78, 5) is 15.2. The normalized spacial score (nSPS) is 20.5. The predicted molar refractivity (Wildman–Crippen MR) is 102 cm³/mol. The molecule has 1 aliphatic rings. The molecule has 6 heteroatoms. The third-order valence-corrected chi connectivity index (χ3v) is 5.45. The first-order chi connectivity index (χ1) is 12.6. The summed E-state index contributed by atoms with van der Waals surface area (Å²) in [5, 5.41) is 0.583. The van der Waals surface area contributed by atoms with Crippen molar-refractivity contribution >= 4 is 22.7 Å². The van der Waals surface area contributed by atoms with E-state index >= 15 is 0 Å². The van der Waals surface area contributed by atoms with Crippen molar-refractivity contribution in [3.63, 3.8) is 0 Å². The second-order valence-electron chi connectivity index (χ2n) is 7.23. The van der Waals surface area contributed by atoms with Crippen LogP contribution in [-0.4, -0.2) is 30.7 Å². The summed E-state index contributed by atoms with van der Waals surface area (Å²) in [5.41, 5.74) is 4.10. The minimum atomic E-state index is -0.302. The molecule has 1 fully saturated rings. The van der Waals surface area contributed by atoms with Gasteiger partial charge in [-0.15, -0.1) is 0 Å². The van der Waals surface area contributed by atoms with E-state index in [9.17, 15) is 4.79 Å². The van der Waals surface area contributed by atoms with Crippen LogP contribution in [0.25, 0.3) is 11.1 Å². The molecule has 3 aromatic rings. The van der Waals surface area contributed by atoms with Gasteiger partial charge in [0, 0.05) is 16.7 Å². The van der Waals surface area contributed by atoms with Gasteiger partial charge in [-0.3, -0.25) is 0 Å². The number of hydrogen-bond acceptors (Lipinski definition) is 2. The molecule has 2 heterocycles. The van der Waals surface area contributed by atoms with Gasteiger partial charge >= 0.3 is 5.76 Å². The van der Waals surface area contributed by atoms with Gasteiger partial charge in [-0.25, -0.2) is 9.36 Å². The van der Waals surface area contributed by atoms with E-state index in [1.807, 2.05) is 6.07 Å². The Kier molecular flexibility index (Phi) is 4.85. The maximum atomic E-state index is 12.2. The summed E-state index contributed by atoms with van der Waals surface area (Å²) in [6.07, 6.45) is 0. The van der Waals surface area contributed by atoms with Crippen LogP contribution in [0.1, 0.15) is 11.1 Å². The fourth-order valence-corrected chi connectivity index (χ4v) is 3.98. The van der Waals surface area contributed by atoms with E-state index in [2.05, 4.69) is 31.2 Å². The molecule has 0 spiro atoms. The van der Waals surface area contributed by atoms with Crippen LogP contribution in [0.5, 0.6) is 0 Å². The standard InChI is InChI=1S/C20H22ClN3O2/c1-15-3-2-4-16(11-15)13-22-7-9-23(10-8-22)14-24-18-6-5-17(21)12-19(18)26-20(24)25/h2-6,11-12H,7-10,13-14H2,1H3/p+2. The lowest BCUT2D eigenvalue weighted by Crippen LogP contribution is -3.27. The van der Waals surface area contributed by atoms with E-state index in [0.717, 1.165) is 38.2 Å². The lowest BCUT2D eigenvalue weighted by molar-refractivity contribution is -1.03. The van der Waals surface area contributed by atoms with E-state index in [-0.39, 0.29) is 5.76 Å². The summed E-state index contributed by atoms with van der Waals surface area (Å²) in [6.45, 7) is 8.18. The fourth-order valence-electron chi connectivity index (χ4n) is 3.82. The van der Waals surface area contributed by atoms with Crippen molar-refractivity contribution in [3.05, 3.63) is 69.2 Å². The topological polar surface area (TPSA) is 44.0 Å². The van der Waals surface area contributed by atoms with Gasteiger partial charge in [0.05, 0.1) is 5.52 Å². The number of benzene rings is 2. The Balaban J connectivity index is 1.40. The van der Waals surface area contributed by atoms with E-state index < -0.39 is 0 Å². The number of hydrogen-bond donors (Lipinski definition) is 2.